The summed E-state index contributed by atoms with van der Waals surface area (Å²) in [5.41, 5.74) is 10.8. The van der Waals surface area contributed by atoms with E-state index in [0.717, 1.165) is 6.42 Å². The van der Waals surface area contributed by atoms with Crippen LogP contribution >= 0.6 is 0 Å². The molecule has 0 fully saturated rings. The van der Waals surface area contributed by atoms with Gasteiger partial charge in [-0.1, -0.05) is 56.4 Å². The van der Waals surface area contributed by atoms with Crippen molar-refractivity contribution in [3.05, 3.63) is 63.2 Å². The summed E-state index contributed by atoms with van der Waals surface area (Å²) in [6.07, 6.45) is 6.46. The van der Waals surface area contributed by atoms with E-state index >= 15 is 0 Å². The molecule has 0 radical (unpaired) electrons. The van der Waals surface area contributed by atoms with Crippen LogP contribution in [0.5, 0.6) is 0 Å². The van der Waals surface area contributed by atoms with Crippen molar-refractivity contribution in [1.82, 2.24) is 0 Å². The van der Waals surface area contributed by atoms with E-state index in [4.69, 9.17) is 0 Å². The molecule has 0 heterocycles. The summed E-state index contributed by atoms with van der Waals surface area (Å²) in [7, 11) is 0. The molecule has 0 saturated carbocycles. The van der Waals surface area contributed by atoms with Gasteiger partial charge in [-0.05, 0) is 31.4 Å². The third-order valence-electron chi connectivity index (χ3n) is 4.82. The Morgan fingerprint density at radius 3 is 2.26 bits per heavy atom. The standard InChI is InChI=1S/C19H23.3ClH.Ti/c1-13-7-6-8-16(15(13)3)12-17-11-14(2)18-9-4-5-10-19(17)18;;;;/h6-8,11H,4-5,9-10,12H2,1-3H3;3*1H;/q-1;;;;+4/p-3. The van der Waals surface area contributed by atoms with E-state index in [9.17, 15) is 0 Å². The molecule has 0 spiro atoms. The zero-order chi connectivity index (χ0) is 13.4. The summed E-state index contributed by atoms with van der Waals surface area (Å²) in [5, 5.41) is 0. The van der Waals surface area contributed by atoms with E-state index in [1.54, 1.807) is 16.7 Å². The summed E-state index contributed by atoms with van der Waals surface area (Å²) in [6, 6.07) is 9.14. The zero-order valence-corrected chi connectivity index (χ0v) is 17.8. The molecule has 2 aromatic rings. The fourth-order valence-corrected chi connectivity index (χ4v) is 3.50. The quantitative estimate of drug-likeness (QED) is 0.351. The molecule has 23 heavy (non-hydrogen) atoms. The third-order valence-corrected chi connectivity index (χ3v) is 4.82. The van der Waals surface area contributed by atoms with E-state index in [1.165, 1.54) is 47.9 Å². The minimum atomic E-state index is 0. The van der Waals surface area contributed by atoms with Gasteiger partial charge in [-0.15, -0.1) is 5.56 Å². The van der Waals surface area contributed by atoms with Gasteiger partial charge in [0.1, 0.15) is 0 Å². The average molecular weight is 406 g/mol. The summed E-state index contributed by atoms with van der Waals surface area (Å²) in [4.78, 5) is 0. The summed E-state index contributed by atoms with van der Waals surface area (Å²) < 4.78 is 0. The van der Waals surface area contributed by atoms with E-state index in [0.29, 0.717) is 0 Å². The molecule has 0 N–H and O–H groups in total. The Kier molecular flexibility index (Phi) is 12.0. The maximum atomic E-state index is 2.44. The van der Waals surface area contributed by atoms with Crippen molar-refractivity contribution in [2.45, 2.75) is 52.9 Å². The first-order chi connectivity index (χ1) is 9.16. The molecule has 124 valence electrons. The van der Waals surface area contributed by atoms with Crippen LogP contribution in [-0.4, -0.2) is 0 Å². The van der Waals surface area contributed by atoms with Gasteiger partial charge in [0, 0.05) is 0 Å². The maximum Gasteiger partial charge on any atom is 4.00 e. The molecule has 0 aliphatic heterocycles. The molecule has 0 aromatic heterocycles. The van der Waals surface area contributed by atoms with Crippen LogP contribution in [0.25, 0.3) is 0 Å². The average Bonchev–Trinajstić information content (AvgIpc) is 2.73. The van der Waals surface area contributed by atoms with Gasteiger partial charge in [0.05, 0.1) is 0 Å². The molecule has 0 amide bonds. The Balaban J connectivity index is 0. The molecule has 4 heteroatoms. The molecule has 1 aliphatic carbocycles. The monoisotopic (exact) mass is 404 g/mol. The van der Waals surface area contributed by atoms with E-state index in [-0.39, 0.29) is 58.9 Å². The molecule has 0 nitrogen and oxygen atoms in total. The van der Waals surface area contributed by atoms with Crippen molar-refractivity contribution in [1.29, 1.82) is 0 Å². The van der Waals surface area contributed by atoms with Crippen LogP contribution in [0, 0.1) is 20.8 Å². The Labute approximate surface area is 174 Å². The number of hydrogen-bond acceptors (Lipinski definition) is 0. The minimum absolute atomic E-state index is 0. The van der Waals surface area contributed by atoms with Crippen molar-refractivity contribution in [3.63, 3.8) is 0 Å². The normalized spacial score (nSPS) is 12.0. The van der Waals surface area contributed by atoms with Gasteiger partial charge < -0.3 is 37.2 Å². The molecule has 0 unspecified atom stereocenters. The molecule has 0 atom stereocenters. The van der Waals surface area contributed by atoms with Crippen LogP contribution in [0.1, 0.15) is 51.8 Å². The number of rotatable bonds is 2. The number of benzene rings is 1. The van der Waals surface area contributed by atoms with Crippen LogP contribution in [0.2, 0.25) is 0 Å². The second kappa shape index (κ2) is 10.9. The Bertz CT molecular complexity index is 617. The predicted molar refractivity (Wildman–Crippen MR) is 82.1 cm³/mol. The summed E-state index contributed by atoms with van der Waals surface area (Å²) >= 11 is 0. The topological polar surface area (TPSA) is 0 Å². The van der Waals surface area contributed by atoms with Crippen molar-refractivity contribution < 1.29 is 58.9 Å². The van der Waals surface area contributed by atoms with Gasteiger partial charge in [-0.25, -0.2) is 0 Å². The Morgan fingerprint density at radius 2 is 1.57 bits per heavy atom. The molecule has 2 aromatic carbocycles. The first-order valence-electron chi connectivity index (χ1n) is 7.49. The molecular weight excluding hydrogens is 382 g/mol. The molecular formula is C19H23Cl3Ti. The SMILES string of the molecule is Cc1cccc(C[c-]2cc(C)c3c2CCCC3)c1C.[Cl-].[Cl-].[Cl-].[Ti+4]. The fraction of sp³-hybridized carbons (Fsp3) is 0.421. The first kappa shape index (κ1) is 25.4. The van der Waals surface area contributed by atoms with Crippen LogP contribution in [-0.2, 0) is 41.0 Å². The first-order valence-corrected chi connectivity index (χ1v) is 7.49. The smallest absolute Gasteiger partial charge is 1.00 e. The van der Waals surface area contributed by atoms with Crippen molar-refractivity contribution in [3.8, 4) is 0 Å². The fourth-order valence-electron chi connectivity index (χ4n) is 3.50. The van der Waals surface area contributed by atoms with Crippen LogP contribution in [0.4, 0.5) is 0 Å². The van der Waals surface area contributed by atoms with Gasteiger partial charge in [0.15, 0.2) is 0 Å². The number of halogens is 3. The van der Waals surface area contributed by atoms with Crippen LogP contribution in [0.15, 0.2) is 24.3 Å². The van der Waals surface area contributed by atoms with Gasteiger partial charge in [0.25, 0.3) is 0 Å². The second-order valence-electron chi connectivity index (χ2n) is 6.05. The predicted octanol–water partition coefficient (Wildman–Crippen LogP) is -4.19. The van der Waals surface area contributed by atoms with Crippen molar-refractivity contribution in [2.24, 2.45) is 0 Å². The Hall–Kier alpha value is 0.154. The van der Waals surface area contributed by atoms with E-state index in [2.05, 4.69) is 45.0 Å². The largest absolute Gasteiger partial charge is 4.00 e. The number of hydrogen-bond donors (Lipinski definition) is 0. The number of aryl methyl sites for hydroxylation is 2. The van der Waals surface area contributed by atoms with Gasteiger partial charge in [-0.3, -0.25) is 0 Å². The molecule has 0 bridgehead atoms. The van der Waals surface area contributed by atoms with Gasteiger partial charge >= 0.3 is 21.7 Å². The molecule has 0 saturated heterocycles. The minimum Gasteiger partial charge on any atom is -1.00 e. The zero-order valence-electron chi connectivity index (χ0n) is 14.0. The second-order valence-corrected chi connectivity index (χ2v) is 6.05. The van der Waals surface area contributed by atoms with Gasteiger partial charge in [-0.2, -0.15) is 22.8 Å². The van der Waals surface area contributed by atoms with E-state index in [1.807, 2.05) is 0 Å². The van der Waals surface area contributed by atoms with Gasteiger partial charge in [0.2, 0.25) is 0 Å². The van der Waals surface area contributed by atoms with Crippen LogP contribution < -0.4 is 37.2 Å². The van der Waals surface area contributed by atoms with Crippen molar-refractivity contribution in [2.75, 3.05) is 0 Å². The summed E-state index contributed by atoms with van der Waals surface area (Å²) in [5.74, 6) is 0. The maximum absolute atomic E-state index is 2.44. The summed E-state index contributed by atoms with van der Waals surface area (Å²) in [6.45, 7) is 6.76. The molecule has 3 rings (SSSR count). The Morgan fingerprint density at radius 1 is 0.913 bits per heavy atom. The van der Waals surface area contributed by atoms with Crippen LogP contribution in [0.3, 0.4) is 0 Å². The number of fused-ring (bicyclic) bond motifs is 1. The van der Waals surface area contributed by atoms with E-state index < -0.39 is 0 Å². The molecule has 1 aliphatic rings. The van der Waals surface area contributed by atoms with Crippen molar-refractivity contribution >= 4 is 0 Å². The third kappa shape index (κ3) is 5.31.